The highest BCUT2D eigenvalue weighted by Crippen LogP contribution is 2.31. The van der Waals surface area contributed by atoms with E-state index in [4.69, 9.17) is 22.1 Å². The van der Waals surface area contributed by atoms with Gasteiger partial charge in [-0.3, -0.25) is 4.79 Å². The molecule has 0 aromatic heterocycles. The molecule has 2 unspecified atom stereocenters. The second kappa shape index (κ2) is 8.20. The molecule has 2 aliphatic rings. The molecule has 2 fully saturated rings. The number of benzene rings is 1. The van der Waals surface area contributed by atoms with E-state index in [9.17, 15) is 4.79 Å². The van der Waals surface area contributed by atoms with Crippen molar-refractivity contribution >= 4 is 23.2 Å². The number of hydrogen-bond donors (Lipinski definition) is 2. The third-order valence-electron chi connectivity index (χ3n) is 5.18. The van der Waals surface area contributed by atoms with Crippen LogP contribution in [0.3, 0.4) is 0 Å². The molecule has 26 heavy (non-hydrogen) atoms. The minimum Gasteiger partial charge on any atom is -0.477 e. The molecular weight excluding hydrogens is 350 g/mol. The van der Waals surface area contributed by atoms with E-state index < -0.39 is 0 Å². The van der Waals surface area contributed by atoms with E-state index in [1.54, 1.807) is 19.1 Å². The van der Waals surface area contributed by atoms with Crippen LogP contribution in [0.4, 0.5) is 5.69 Å². The molecular formula is C20H26ClN3O2. The van der Waals surface area contributed by atoms with E-state index >= 15 is 0 Å². The monoisotopic (exact) mass is 375 g/mol. The lowest BCUT2D eigenvalue weighted by atomic mass is 9.85. The SMILES string of the molecule is CC#CC(C)Oc1cc(N)c(Cl)cc1C(=O)N[C@H]1CCN2CCC[C@@H]1C2. The predicted octanol–water partition coefficient (Wildman–Crippen LogP) is 2.93. The summed E-state index contributed by atoms with van der Waals surface area (Å²) in [5.41, 5.74) is 6.70. The van der Waals surface area contributed by atoms with Gasteiger partial charge < -0.3 is 20.7 Å². The predicted molar refractivity (Wildman–Crippen MR) is 104 cm³/mol. The number of carbonyl (C=O) groups is 1. The number of rotatable bonds is 4. The zero-order valence-electron chi connectivity index (χ0n) is 15.3. The first-order valence-electron chi connectivity index (χ1n) is 9.19. The molecule has 2 bridgehead atoms. The number of nitrogen functional groups attached to an aromatic ring is 1. The van der Waals surface area contributed by atoms with Crippen LogP contribution in [-0.2, 0) is 0 Å². The number of nitrogens with two attached hydrogens (primary N) is 1. The second-order valence-electron chi connectivity index (χ2n) is 7.10. The van der Waals surface area contributed by atoms with Gasteiger partial charge in [0.2, 0.25) is 0 Å². The number of nitrogens with one attached hydrogen (secondary N) is 1. The van der Waals surface area contributed by atoms with Gasteiger partial charge in [0.25, 0.3) is 5.91 Å². The van der Waals surface area contributed by atoms with Crippen molar-refractivity contribution in [3.05, 3.63) is 22.7 Å². The van der Waals surface area contributed by atoms with Crippen LogP contribution in [-0.4, -0.2) is 42.6 Å². The minimum atomic E-state index is -0.339. The summed E-state index contributed by atoms with van der Waals surface area (Å²) in [4.78, 5) is 15.4. The summed E-state index contributed by atoms with van der Waals surface area (Å²) in [7, 11) is 0. The largest absolute Gasteiger partial charge is 0.477 e. The van der Waals surface area contributed by atoms with Gasteiger partial charge in [-0.15, -0.1) is 5.92 Å². The molecule has 4 atom stereocenters. The number of carbonyl (C=O) groups excluding carboxylic acids is 1. The molecule has 2 heterocycles. The Morgan fingerprint density at radius 2 is 2.23 bits per heavy atom. The van der Waals surface area contributed by atoms with E-state index in [-0.39, 0.29) is 18.1 Å². The smallest absolute Gasteiger partial charge is 0.255 e. The molecule has 3 N–H and O–H groups in total. The van der Waals surface area contributed by atoms with Crippen LogP contribution < -0.4 is 15.8 Å². The number of fused-ring (bicyclic) bond motifs is 2. The van der Waals surface area contributed by atoms with Gasteiger partial charge in [-0.2, -0.15) is 0 Å². The number of nitrogens with zero attached hydrogens (tertiary/aromatic N) is 1. The molecule has 0 spiro atoms. The maximum atomic E-state index is 13.0. The van der Waals surface area contributed by atoms with Crippen LogP contribution in [0.2, 0.25) is 5.02 Å². The topological polar surface area (TPSA) is 67.6 Å². The summed E-state index contributed by atoms with van der Waals surface area (Å²) in [5.74, 6) is 6.50. The Morgan fingerprint density at radius 1 is 1.42 bits per heavy atom. The number of anilines is 1. The van der Waals surface area contributed by atoms with Crippen LogP contribution in [0.1, 0.15) is 43.5 Å². The average Bonchev–Trinajstić information content (AvgIpc) is 2.61. The van der Waals surface area contributed by atoms with Crippen LogP contribution in [0, 0.1) is 17.8 Å². The molecule has 1 aromatic rings. The van der Waals surface area contributed by atoms with Gasteiger partial charge in [0.05, 0.1) is 16.3 Å². The van der Waals surface area contributed by atoms with Gasteiger partial charge in [-0.05, 0) is 51.6 Å². The van der Waals surface area contributed by atoms with Crippen LogP contribution in [0.15, 0.2) is 12.1 Å². The molecule has 5 nitrogen and oxygen atoms in total. The van der Waals surface area contributed by atoms with Crippen molar-refractivity contribution < 1.29 is 9.53 Å². The van der Waals surface area contributed by atoms with Crippen LogP contribution in [0.25, 0.3) is 0 Å². The highest BCUT2D eigenvalue weighted by Gasteiger charge is 2.33. The van der Waals surface area contributed by atoms with Crippen molar-refractivity contribution in [1.82, 2.24) is 10.2 Å². The standard InChI is InChI=1S/C20H26ClN3O2/c1-3-5-13(2)26-19-11-17(22)16(21)10-15(19)20(25)23-18-7-9-24-8-4-6-14(18)12-24/h10-11,13-14,18H,4,6-9,12,22H2,1-2H3,(H,23,25)/t13?,14-,18+/m1/s1. The molecule has 1 amide bonds. The van der Waals surface area contributed by atoms with Gasteiger partial charge in [-0.1, -0.05) is 17.5 Å². The molecule has 0 saturated carbocycles. The normalized spacial score (nSPS) is 25.6. The highest BCUT2D eigenvalue weighted by atomic mass is 35.5. The Balaban J connectivity index is 1.78. The summed E-state index contributed by atoms with van der Waals surface area (Å²) in [6.45, 7) is 6.87. The summed E-state index contributed by atoms with van der Waals surface area (Å²) < 4.78 is 5.83. The third-order valence-corrected chi connectivity index (χ3v) is 5.51. The maximum absolute atomic E-state index is 13.0. The van der Waals surface area contributed by atoms with E-state index in [0.717, 1.165) is 25.9 Å². The molecule has 2 saturated heterocycles. The van der Waals surface area contributed by atoms with Crippen LogP contribution >= 0.6 is 11.6 Å². The van der Waals surface area contributed by atoms with Gasteiger partial charge in [0.15, 0.2) is 6.10 Å². The Bertz CT molecular complexity index is 741. The molecule has 140 valence electrons. The lowest BCUT2D eigenvalue weighted by molar-refractivity contribution is 0.0736. The van der Waals surface area contributed by atoms with Crippen molar-refractivity contribution in [3.63, 3.8) is 0 Å². The summed E-state index contributed by atoms with van der Waals surface area (Å²) in [6, 6.07) is 3.38. The Hall–Kier alpha value is -1.90. The number of piperidine rings is 2. The fourth-order valence-electron chi connectivity index (χ4n) is 3.88. The first kappa shape index (κ1) is 18.9. The fraction of sp³-hybridized carbons (Fsp3) is 0.550. The van der Waals surface area contributed by atoms with E-state index in [0.29, 0.717) is 27.9 Å². The van der Waals surface area contributed by atoms with E-state index in [1.807, 2.05) is 6.92 Å². The Kier molecular flexibility index (Phi) is 5.95. The number of amides is 1. The van der Waals surface area contributed by atoms with Crippen molar-refractivity contribution in [2.75, 3.05) is 25.4 Å². The molecule has 0 aliphatic carbocycles. The van der Waals surface area contributed by atoms with E-state index in [2.05, 4.69) is 22.1 Å². The fourth-order valence-corrected chi connectivity index (χ4v) is 4.05. The van der Waals surface area contributed by atoms with Crippen molar-refractivity contribution in [1.29, 1.82) is 0 Å². The molecule has 3 rings (SSSR count). The molecule has 0 radical (unpaired) electrons. The lowest BCUT2D eigenvalue weighted by Crippen LogP contribution is -2.53. The quantitative estimate of drug-likeness (QED) is 0.627. The molecule has 2 aliphatic heterocycles. The van der Waals surface area contributed by atoms with Crippen molar-refractivity contribution in [2.45, 2.75) is 45.3 Å². The summed E-state index contributed by atoms with van der Waals surface area (Å²) in [5, 5.41) is 3.55. The lowest BCUT2D eigenvalue weighted by Gasteiger charge is -2.42. The van der Waals surface area contributed by atoms with Gasteiger partial charge in [-0.25, -0.2) is 0 Å². The van der Waals surface area contributed by atoms with Gasteiger partial charge in [0, 0.05) is 25.2 Å². The minimum absolute atomic E-state index is 0.164. The zero-order valence-corrected chi connectivity index (χ0v) is 16.1. The second-order valence-corrected chi connectivity index (χ2v) is 7.50. The first-order valence-corrected chi connectivity index (χ1v) is 9.57. The highest BCUT2D eigenvalue weighted by molar-refractivity contribution is 6.33. The first-order chi connectivity index (χ1) is 12.5. The molecule has 6 heteroatoms. The average molecular weight is 376 g/mol. The van der Waals surface area contributed by atoms with Crippen molar-refractivity contribution in [3.8, 4) is 17.6 Å². The molecule has 1 aromatic carbocycles. The number of hydrogen-bond acceptors (Lipinski definition) is 4. The Morgan fingerprint density at radius 3 is 3.00 bits per heavy atom. The van der Waals surface area contributed by atoms with Crippen molar-refractivity contribution in [2.24, 2.45) is 5.92 Å². The van der Waals surface area contributed by atoms with E-state index in [1.165, 1.54) is 13.0 Å². The number of halogens is 1. The zero-order chi connectivity index (χ0) is 18.7. The number of ether oxygens (including phenoxy) is 1. The van der Waals surface area contributed by atoms with Crippen LogP contribution in [0.5, 0.6) is 5.75 Å². The Labute approximate surface area is 160 Å². The third kappa shape index (κ3) is 4.25. The summed E-state index contributed by atoms with van der Waals surface area (Å²) >= 11 is 6.16. The summed E-state index contributed by atoms with van der Waals surface area (Å²) in [6.07, 6.45) is 3.00. The van der Waals surface area contributed by atoms with Gasteiger partial charge in [0.1, 0.15) is 5.75 Å². The van der Waals surface area contributed by atoms with Gasteiger partial charge >= 0.3 is 0 Å². The maximum Gasteiger partial charge on any atom is 0.255 e.